The molecule has 0 aliphatic rings. The predicted molar refractivity (Wildman–Crippen MR) is 161 cm³/mol. The predicted octanol–water partition coefficient (Wildman–Crippen LogP) is 4.02. The number of aromatic nitrogens is 2. The molecule has 0 bridgehead atoms. The van der Waals surface area contributed by atoms with Crippen molar-refractivity contribution in [2.75, 3.05) is 14.2 Å². The standard InChI is InChI=1S/C35H31N2O4.ClH/c1-20-15-24(34(38)40-5)16-21(2)30(20)36-19-37(31-22(3)17-25(18-23(31)4)35(39)41-6)33-29-14-10-8-12-27(29)26-11-7-9-13-28(26)32(33)36;/h7-19H,1-6H3;1H/q+1;/p-1. The number of imidazole rings is 1. The number of carbonyl (C=O) groups excluding carboxylic acids is 2. The molecular weight excluding hydrogens is 548 g/mol. The average Bonchev–Trinajstić information content (AvgIpc) is 3.35. The maximum atomic E-state index is 12.4. The first-order chi connectivity index (χ1) is 19.7. The highest BCUT2D eigenvalue weighted by Crippen LogP contribution is 2.37. The number of carbonyl (C=O) groups is 2. The zero-order valence-electron chi connectivity index (χ0n) is 24.4. The lowest BCUT2D eigenvalue weighted by Gasteiger charge is -2.11. The zero-order chi connectivity index (χ0) is 29.0. The Balaban J connectivity index is 0.00000353. The van der Waals surface area contributed by atoms with Crippen molar-refractivity contribution in [3.05, 3.63) is 113 Å². The van der Waals surface area contributed by atoms with Gasteiger partial charge in [-0.05, 0) is 97.1 Å². The molecule has 0 radical (unpaired) electrons. The first kappa shape index (κ1) is 28.8. The van der Waals surface area contributed by atoms with Crippen molar-refractivity contribution in [1.29, 1.82) is 0 Å². The summed E-state index contributed by atoms with van der Waals surface area (Å²) in [6.45, 7) is 8.09. The van der Waals surface area contributed by atoms with Gasteiger partial charge in [0.05, 0.1) is 25.3 Å². The molecule has 1 aromatic heterocycles. The van der Waals surface area contributed by atoms with E-state index in [0.29, 0.717) is 11.1 Å². The number of ether oxygens (including phenoxy) is 2. The minimum Gasteiger partial charge on any atom is -1.00 e. The first-order valence-electron chi connectivity index (χ1n) is 13.5. The van der Waals surface area contributed by atoms with Crippen LogP contribution < -0.4 is 17.0 Å². The Labute approximate surface area is 250 Å². The summed E-state index contributed by atoms with van der Waals surface area (Å²) in [4.78, 5) is 24.8. The summed E-state index contributed by atoms with van der Waals surface area (Å²) < 4.78 is 14.5. The van der Waals surface area contributed by atoms with Crippen molar-refractivity contribution in [1.82, 2.24) is 4.57 Å². The van der Waals surface area contributed by atoms with Gasteiger partial charge in [-0.2, -0.15) is 9.13 Å². The molecular formula is C35H31ClN2O4. The quantitative estimate of drug-likeness (QED) is 0.180. The maximum absolute atomic E-state index is 12.4. The molecule has 0 atom stereocenters. The van der Waals surface area contributed by atoms with E-state index in [1.165, 1.54) is 14.2 Å². The average molecular weight is 579 g/mol. The number of rotatable bonds is 4. The van der Waals surface area contributed by atoms with Gasteiger partial charge in [-0.25, -0.2) is 9.59 Å². The van der Waals surface area contributed by atoms with Crippen LogP contribution in [0.25, 0.3) is 44.0 Å². The number of halogens is 1. The third-order valence-corrected chi connectivity index (χ3v) is 7.90. The van der Waals surface area contributed by atoms with Gasteiger partial charge in [-0.1, -0.05) is 36.4 Å². The Kier molecular flexibility index (Phi) is 7.52. The fourth-order valence-corrected chi connectivity index (χ4v) is 6.30. The van der Waals surface area contributed by atoms with Crippen LogP contribution in [0.5, 0.6) is 0 Å². The molecule has 5 aromatic carbocycles. The van der Waals surface area contributed by atoms with E-state index in [1.54, 1.807) is 0 Å². The summed E-state index contributed by atoms with van der Waals surface area (Å²) in [7, 11) is 2.80. The lowest BCUT2D eigenvalue weighted by atomic mass is 9.98. The normalized spacial score (nSPS) is 11.1. The number of nitrogens with zero attached hydrogens (tertiary/aromatic N) is 2. The second kappa shape index (κ2) is 11.0. The van der Waals surface area contributed by atoms with Crippen LogP contribution in [0, 0.1) is 27.7 Å². The number of hydrogen-bond acceptors (Lipinski definition) is 4. The van der Waals surface area contributed by atoms with E-state index >= 15 is 0 Å². The summed E-state index contributed by atoms with van der Waals surface area (Å²) in [6, 6.07) is 24.5. The minimum atomic E-state index is -0.358. The number of benzene rings is 5. The minimum absolute atomic E-state index is 0. The molecule has 0 fully saturated rings. The van der Waals surface area contributed by atoms with Crippen molar-refractivity contribution in [2.45, 2.75) is 27.7 Å². The van der Waals surface area contributed by atoms with Crippen LogP contribution in [0.15, 0.2) is 79.1 Å². The molecule has 0 unspecified atom stereocenters. The van der Waals surface area contributed by atoms with Crippen LogP contribution in [0.4, 0.5) is 0 Å². The fraction of sp³-hybridized carbons (Fsp3) is 0.171. The van der Waals surface area contributed by atoms with E-state index in [-0.39, 0.29) is 24.3 Å². The number of fused-ring (bicyclic) bond motifs is 6. The number of methoxy groups -OCH3 is 2. The van der Waals surface area contributed by atoms with Crippen LogP contribution in [0.3, 0.4) is 0 Å². The van der Waals surface area contributed by atoms with Gasteiger partial charge in [0.2, 0.25) is 0 Å². The Hall–Kier alpha value is -4.68. The van der Waals surface area contributed by atoms with Gasteiger partial charge in [-0.15, -0.1) is 0 Å². The number of aryl methyl sites for hydroxylation is 4. The second-order valence-electron chi connectivity index (χ2n) is 10.5. The molecule has 0 spiro atoms. The summed E-state index contributed by atoms with van der Waals surface area (Å²) in [5, 5.41) is 4.57. The van der Waals surface area contributed by atoms with E-state index in [1.807, 2.05) is 52.0 Å². The van der Waals surface area contributed by atoms with E-state index in [9.17, 15) is 9.59 Å². The van der Waals surface area contributed by atoms with Crippen molar-refractivity contribution in [3.8, 4) is 11.4 Å². The summed E-state index contributed by atoms with van der Waals surface area (Å²) >= 11 is 0. The first-order valence-corrected chi connectivity index (χ1v) is 13.5. The summed E-state index contributed by atoms with van der Waals surface area (Å²) in [5.41, 5.74) is 9.02. The Morgan fingerprint density at radius 1 is 0.643 bits per heavy atom. The SMILES string of the molecule is COC(=O)c1cc(C)c(-n2c[n+](-c3c(C)cc(C(=O)OC)cc3C)c3c4ccccc4c4ccccc4c32)c(C)c1.[Cl-]. The summed E-state index contributed by atoms with van der Waals surface area (Å²) in [6.07, 6.45) is 2.13. The second-order valence-corrected chi connectivity index (χ2v) is 10.5. The van der Waals surface area contributed by atoms with Gasteiger partial charge in [-0.3, -0.25) is 0 Å². The summed E-state index contributed by atoms with van der Waals surface area (Å²) in [5.74, 6) is -0.716. The van der Waals surface area contributed by atoms with Gasteiger partial charge >= 0.3 is 11.9 Å². The molecule has 0 aliphatic heterocycles. The van der Waals surface area contributed by atoms with Crippen LogP contribution in [-0.4, -0.2) is 30.7 Å². The molecule has 0 N–H and O–H groups in total. The third kappa shape index (κ3) is 4.39. The lowest BCUT2D eigenvalue weighted by molar-refractivity contribution is -0.567. The zero-order valence-corrected chi connectivity index (χ0v) is 25.2. The molecule has 7 heteroatoms. The highest BCUT2D eigenvalue weighted by molar-refractivity contribution is 6.22. The highest BCUT2D eigenvalue weighted by Gasteiger charge is 2.29. The number of esters is 2. The molecule has 0 aliphatic carbocycles. The van der Waals surface area contributed by atoms with Gasteiger partial charge < -0.3 is 21.9 Å². The van der Waals surface area contributed by atoms with Crippen LogP contribution in [0.2, 0.25) is 0 Å². The lowest BCUT2D eigenvalue weighted by Crippen LogP contribution is -3.00. The molecule has 6 aromatic rings. The van der Waals surface area contributed by atoms with Gasteiger partial charge in [0.15, 0.2) is 11.0 Å². The van der Waals surface area contributed by atoms with E-state index < -0.39 is 0 Å². The third-order valence-electron chi connectivity index (χ3n) is 7.90. The molecule has 212 valence electrons. The Bertz CT molecular complexity index is 1870. The van der Waals surface area contributed by atoms with Crippen LogP contribution in [0.1, 0.15) is 43.0 Å². The molecule has 6 rings (SSSR count). The molecule has 0 amide bonds. The topological polar surface area (TPSA) is 61.4 Å². The van der Waals surface area contributed by atoms with Crippen LogP contribution >= 0.6 is 0 Å². The molecule has 0 saturated heterocycles. The molecule has 42 heavy (non-hydrogen) atoms. The smallest absolute Gasteiger partial charge is 0.337 e. The largest absolute Gasteiger partial charge is 1.00 e. The monoisotopic (exact) mass is 578 g/mol. The van der Waals surface area contributed by atoms with Crippen molar-refractivity contribution in [3.63, 3.8) is 0 Å². The fourth-order valence-electron chi connectivity index (χ4n) is 6.30. The van der Waals surface area contributed by atoms with Crippen molar-refractivity contribution in [2.24, 2.45) is 0 Å². The Morgan fingerprint density at radius 2 is 1.07 bits per heavy atom. The van der Waals surface area contributed by atoms with Gasteiger partial charge in [0.1, 0.15) is 11.4 Å². The van der Waals surface area contributed by atoms with Crippen molar-refractivity contribution >= 4 is 44.5 Å². The van der Waals surface area contributed by atoms with Crippen LogP contribution in [-0.2, 0) is 9.47 Å². The Morgan fingerprint density at radius 3 is 1.57 bits per heavy atom. The molecule has 0 saturated carbocycles. The van der Waals surface area contributed by atoms with Gasteiger partial charge in [0, 0.05) is 10.8 Å². The molecule has 1 heterocycles. The number of hydrogen-bond donors (Lipinski definition) is 0. The highest BCUT2D eigenvalue weighted by atomic mass is 35.5. The van der Waals surface area contributed by atoms with E-state index in [0.717, 1.165) is 66.2 Å². The van der Waals surface area contributed by atoms with E-state index in [4.69, 9.17) is 9.47 Å². The van der Waals surface area contributed by atoms with E-state index in [2.05, 4.69) is 64.0 Å². The van der Waals surface area contributed by atoms with Crippen molar-refractivity contribution < 1.29 is 36.0 Å². The maximum Gasteiger partial charge on any atom is 0.337 e. The van der Waals surface area contributed by atoms with Gasteiger partial charge in [0.25, 0.3) is 6.33 Å². The molecule has 6 nitrogen and oxygen atoms in total.